The van der Waals surface area contributed by atoms with Crippen molar-refractivity contribution in [1.82, 2.24) is 5.32 Å². The van der Waals surface area contributed by atoms with Crippen LogP contribution in [0.5, 0.6) is 0 Å². The summed E-state index contributed by atoms with van der Waals surface area (Å²) in [6.07, 6.45) is 12.4. The van der Waals surface area contributed by atoms with Gasteiger partial charge in [-0.1, -0.05) is 58.8 Å². The van der Waals surface area contributed by atoms with E-state index >= 15 is 0 Å². The van der Waals surface area contributed by atoms with Gasteiger partial charge in [0.15, 0.2) is 5.57 Å². The van der Waals surface area contributed by atoms with Crippen LogP contribution in [0.15, 0.2) is 11.8 Å². The normalized spacial score (nSPS) is 11.1. The molecule has 5 nitrogen and oxygen atoms in total. The van der Waals surface area contributed by atoms with E-state index in [-0.39, 0.29) is 12.2 Å². The van der Waals surface area contributed by atoms with Gasteiger partial charge in [0.1, 0.15) is 12.7 Å². The zero-order valence-corrected chi connectivity index (χ0v) is 15.4. The third-order valence-corrected chi connectivity index (χ3v) is 3.57. The van der Waals surface area contributed by atoms with Crippen molar-refractivity contribution in [2.24, 2.45) is 0 Å². The van der Waals surface area contributed by atoms with Crippen LogP contribution in [0.2, 0.25) is 0 Å². The molecule has 1 N–H and O–H groups in total. The van der Waals surface area contributed by atoms with E-state index < -0.39 is 5.97 Å². The van der Waals surface area contributed by atoms with E-state index in [1.54, 1.807) is 0 Å². The largest absolute Gasteiger partial charge is 0.459 e. The summed E-state index contributed by atoms with van der Waals surface area (Å²) in [7, 11) is 0. The van der Waals surface area contributed by atoms with Crippen LogP contribution in [-0.4, -0.2) is 32.3 Å². The van der Waals surface area contributed by atoms with Gasteiger partial charge in [-0.2, -0.15) is 5.26 Å². The average Bonchev–Trinajstić information content (AvgIpc) is 2.59. The van der Waals surface area contributed by atoms with E-state index in [1.165, 1.54) is 51.1 Å². The summed E-state index contributed by atoms with van der Waals surface area (Å²) in [5.74, 6) is -0.596. The quantitative estimate of drug-likeness (QED) is 0.199. The fraction of sp³-hybridized carbons (Fsp3) is 0.789. The standard InChI is InChI=1S/C19H34N2O3/c1-3-5-6-7-8-9-10-11-12-21-17-18(16-20)19(22)24-15-14-23-13-4-2/h17,21H,3-15H2,1-2H3. The highest BCUT2D eigenvalue weighted by Gasteiger charge is 2.09. The Kier molecular flexibility index (Phi) is 16.7. The summed E-state index contributed by atoms with van der Waals surface area (Å²) >= 11 is 0. The lowest BCUT2D eigenvalue weighted by molar-refractivity contribution is -0.140. The lowest BCUT2D eigenvalue weighted by atomic mass is 10.1. The molecule has 0 saturated heterocycles. The van der Waals surface area contributed by atoms with Gasteiger partial charge in [0.25, 0.3) is 0 Å². The molecule has 24 heavy (non-hydrogen) atoms. The number of carbonyl (C=O) groups is 1. The van der Waals surface area contributed by atoms with Gasteiger partial charge < -0.3 is 14.8 Å². The molecule has 5 heteroatoms. The molecule has 0 aromatic heterocycles. The highest BCUT2D eigenvalue weighted by Crippen LogP contribution is 2.07. The molecule has 0 aliphatic carbocycles. The first kappa shape index (κ1) is 22.5. The first-order valence-electron chi connectivity index (χ1n) is 9.34. The van der Waals surface area contributed by atoms with Crippen molar-refractivity contribution in [2.75, 3.05) is 26.4 Å². The van der Waals surface area contributed by atoms with Crippen LogP contribution < -0.4 is 5.32 Å². The van der Waals surface area contributed by atoms with Crippen molar-refractivity contribution in [3.8, 4) is 6.07 Å². The van der Waals surface area contributed by atoms with E-state index in [0.29, 0.717) is 13.2 Å². The first-order valence-corrected chi connectivity index (χ1v) is 9.34. The van der Waals surface area contributed by atoms with Crippen LogP contribution in [0.3, 0.4) is 0 Å². The average molecular weight is 338 g/mol. The zero-order valence-electron chi connectivity index (χ0n) is 15.4. The molecular formula is C19H34N2O3. The van der Waals surface area contributed by atoms with Crippen LogP contribution in [0.25, 0.3) is 0 Å². The zero-order chi connectivity index (χ0) is 17.9. The van der Waals surface area contributed by atoms with Gasteiger partial charge in [-0.25, -0.2) is 4.79 Å². The summed E-state index contributed by atoms with van der Waals surface area (Å²) in [5, 5.41) is 12.0. The number of nitrogens with one attached hydrogen (secondary N) is 1. The first-order chi connectivity index (χ1) is 11.8. The van der Waals surface area contributed by atoms with Gasteiger partial charge in [0.2, 0.25) is 0 Å². The molecule has 0 fully saturated rings. The van der Waals surface area contributed by atoms with Gasteiger partial charge in [-0.3, -0.25) is 0 Å². The van der Waals surface area contributed by atoms with Crippen molar-refractivity contribution in [1.29, 1.82) is 5.26 Å². The SMILES string of the molecule is CCCCCCCCCCNC=C(C#N)C(=O)OCCOCCC. The molecular weight excluding hydrogens is 304 g/mol. The molecule has 0 aromatic carbocycles. The molecule has 0 radical (unpaired) electrons. The molecule has 0 spiro atoms. The van der Waals surface area contributed by atoms with Crippen LogP contribution in [0, 0.1) is 11.3 Å². The third-order valence-electron chi connectivity index (χ3n) is 3.57. The Bertz CT molecular complexity index is 375. The predicted molar refractivity (Wildman–Crippen MR) is 96.4 cm³/mol. The van der Waals surface area contributed by atoms with Crippen molar-refractivity contribution in [3.05, 3.63) is 11.8 Å². The second-order valence-electron chi connectivity index (χ2n) is 5.85. The van der Waals surface area contributed by atoms with Crippen molar-refractivity contribution >= 4 is 5.97 Å². The van der Waals surface area contributed by atoms with Crippen molar-refractivity contribution in [3.63, 3.8) is 0 Å². The summed E-state index contributed by atoms with van der Waals surface area (Å²) in [4.78, 5) is 11.7. The summed E-state index contributed by atoms with van der Waals surface area (Å²) in [5.41, 5.74) is 0.00468. The van der Waals surface area contributed by atoms with Gasteiger partial charge in [-0.05, 0) is 12.8 Å². The smallest absolute Gasteiger partial charge is 0.350 e. The minimum absolute atomic E-state index is 0.00468. The Labute approximate surface area is 147 Å². The fourth-order valence-corrected chi connectivity index (χ4v) is 2.19. The summed E-state index contributed by atoms with van der Waals surface area (Å²) < 4.78 is 10.2. The van der Waals surface area contributed by atoms with E-state index in [4.69, 9.17) is 14.7 Å². The molecule has 0 bridgehead atoms. The molecule has 0 aliphatic heterocycles. The number of nitriles is 1. The molecule has 0 heterocycles. The number of ether oxygens (including phenoxy) is 2. The van der Waals surface area contributed by atoms with Crippen molar-refractivity contribution < 1.29 is 14.3 Å². The number of hydrogen-bond acceptors (Lipinski definition) is 5. The Hall–Kier alpha value is -1.54. The van der Waals surface area contributed by atoms with Crippen LogP contribution in [0.1, 0.15) is 71.6 Å². The maximum absolute atomic E-state index is 11.7. The number of esters is 1. The van der Waals surface area contributed by atoms with Crippen LogP contribution >= 0.6 is 0 Å². The fourth-order valence-electron chi connectivity index (χ4n) is 2.19. The molecule has 138 valence electrons. The van der Waals surface area contributed by atoms with E-state index in [0.717, 1.165) is 19.4 Å². The monoisotopic (exact) mass is 338 g/mol. The van der Waals surface area contributed by atoms with Gasteiger partial charge in [0.05, 0.1) is 6.61 Å². The molecule has 0 aliphatic rings. The maximum Gasteiger partial charge on any atom is 0.350 e. The summed E-state index contributed by atoms with van der Waals surface area (Å²) in [6.45, 7) is 6.21. The lowest BCUT2D eigenvalue weighted by Crippen LogP contribution is -2.15. The number of nitrogens with zero attached hydrogens (tertiary/aromatic N) is 1. The topological polar surface area (TPSA) is 71.4 Å². The second-order valence-corrected chi connectivity index (χ2v) is 5.85. The number of hydrogen-bond donors (Lipinski definition) is 1. The number of carbonyl (C=O) groups excluding carboxylic acids is 1. The van der Waals surface area contributed by atoms with E-state index in [9.17, 15) is 4.79 Å². The minimum Gasteiger partial charge on any atom is -0.459 e. The summed E-state index contributed by atoms with van der Waals surface area (Å²) in [6, 6.07) is 1.87. The van der Waals surface area contributed by atoms with Crippen LogP contribution in [-0.2, 0) is 14.3 Å². The number of rotatable bonds is 16. The minimum atomic E-state index is -0.596. The molecule has 0 atom stereocenters. The third kappa shape index (κ3) is 14.1. The lowest BCUT2D eigenvalue weighted by Gasteiger charge is -2.05. The Morgan fingerprint density at radius 2 is 1.62 bits per heavy atom. The molecule has 0 aromatic rings. The van der Waals surface area contributed by atoms with Gasteiger partial charge >= 0.3 is 5.97 Å². The molecule has 0 amide bonds. The van der Waals surface area contributed by atoms with Gasteiger partial charge in [0, 0.05) is 19.4 Å². The Balaban J connectivity index is 3.66. The highest BCUT2D eigenvalue weighted by atomic mass is 16.6. The van der Waals surface area contributed by atoms with E-state index in [2.05, 4.69) is 12.2 Å². The maximum atomic E-state index is 11.7. The second kappa shape index (κ2) is 17.8. The Morgan fingerprint density at radius 3 is 2.25 bits per heavy atom. The van der Waals surface area contributed by atoms with Crippen molar-refractivity contribution in [2.45, 2.75) is 71.6 Å². The van der Waals surface area contributed by atoms with Crippen LogP contribution in [0.4, 0.5) is 0 Å². The Morgan fingerprint density at radius 1 is 0.958 bits per heavy atom. The predicted octanol–water partition coefficient (Wildman–Crippen LogP) is 4.09. The molecule has 0 rings (SSSR count). The highest BCUT2D eigenvalue weighted by molar-refractivity contribution is 5.92. The number of unbranched alkanes of at least 4 members (excludes halogenated alkanes) is 7. The van der Waals surface area contributed by atoms with Gasteiger partial charge in [-0.15, -0.1) is 0 Å². The molecule has 0 unspecified atom stereocenters. The molecule has 0 saturated carbocycles. The van der Waals surface area contributed by atoms with E-state index in [1.807, 2.05) is 13.0 Å².